The van der Waals surface area contributed by atoms with Gasteiger partial charge >= 0.3 is 0 Å². The zero-order valence-corrected chi connectivity index (χ0v) is 17.0. The van der Waals surface area contributed by atoms with Crippen LogP contribution in [0.15, 0.2) is 6.33 Å². The van der Waals surface area contributed by atoms with Gasteiger partial charge in [-0.25, -0.2) is 4.98 Å². The molecule has 2 aromatic heterocycles. The van der Waals surface area contributed by atoms with Crippen molar-refractivity contribution in [3.63, 3.8) is 0 Å². The summed E-state index contributed by atoms with van der Waals surface area (Å²) in [7, 11) is 0. The highest BCUT2D eigenvalue weighted by atomic mass is 35.5. The fourth-order valence-electron chi connectivity index (χ4n) is 3.66. The summed E-state index contributed by atoms with van der Waals surface area (Å²) in [5, 5.41) is 24.2. The van der Waals surface area contributed by atoms with Crippen LogP contribution >= 0.6 is 11.6 Å². The smallest absolute Gasteiger partial charge is 0.226 e. The molecule has 10 nitrogen and oxygen atoms in total. The van der Waals surface area contributed by atoms with Crippen molar-refractivity contribution in [3.8, 4) is 0 Å². The second-order valence-corrected chi connectivity index (χ2v) is 7.70. The molecular weight excluding hydrogens is 421 g/mol. The van der Waals surface area contributed by atoms with E-state index in [1.54, 1.807) is 0 Å². The first-order chi connectivity index (χ1) is 14.6. The number of aromatic nitrogens is 4. The van der Waals surface area contributed by atoms with Crippen LogP contribution in [-0.2, 0) is 14.2 Å². The maximum Gasteiger partial charge on any atom is 0.226 e. The van der Waals surface area contributed by atoms with Gasteiger partial charge in [0.1, 0.15) is 18.3 Å². The van der Waals surface area contributed by atoms with Gasteiger partial charge in [-0.2, -0.15) is 9.97 Å². The summed E-state index contributed by atoms with van der Waals surface area (Å²) >= 11 is 6.14. The number of imidazole rings is 1. The Kier molecular flexibility index (Phi) is 6.96. The van der Waals surface area contributed by atoms with Crippen molar-refractivity contribution >= 4 is 28.6 Å². The highest BCUT2D eigenvalue weighted by Gasteiger charge is 2.44. The van der Waals surface area contributed by atoms with Gasteiger partial charge in [-0.15, -0.1) is 0 Å². The van der Waals surface area contributed by atoms with Gasteiger partial charge in [0.2, 0.25) is 5.28 Å². The molecule has 0 spiro atoms. The second kappa shape index (κ2) is 9.67. The fraction of sp³-hybridized carbons (Fsp3) is 0.722. The lowest BCUT2D eigenvalue weighted by Gasteiger charge is -2.23. The first-order valence-corrected chi connectivity index (χ1v) is 10.4. The molecule has 166 valence electrons. The molecule has 2 saturated heterocycles. The van der Waals surface area contributed by atoms with E-state index in [2.05, 4.69) is 20.3 Å². The van der Waals surface area contributed by atoms with Crippen molar-refractivity contribution < 1.29 is 28.8 Å². The van der Waals surface area contributed by atoms with Crippen LogP contribution in [0, 0.1) is 0 Å². The van der Waals surface area contributed by atoms with Crippen molar-refractivity contribution in [1.29, 1.82) is 0 Å². The number of hydrogen-bond acceptors (Lipinski definition) is 9. The largest absolute Gasteiger partial charge is 0.387 e. The Morgan fingerprint density at radius 2 is 2.07 bits per heavy atom. The number of ether oxygens (including phenoxy) is 3. The third-order valence-corrected chi connectivity index (χ3v) is 5.44. The van der Waals surface area contributed by atoms with E-state index in [9.17, 15) is 14.6 Å². The van der Waals surface area contributed by atoms with Gasteiger partial charge in [-0.3, -0.25) is 8.96 Å². The molecule has 4 heterocycles. The number of rotatable bonds is 8. The quantitative estimate of drug-likeness (QED) is 0.404. The summed E-state index contributed by atoms with van der Waals surface area (Å²) in [6.45, 7) is 1.10. The van der Waals surface area contributed by atoms with E-state index < -0.39 is 31.2 Å². The van der Waals surface area contributed by atoms with Crippen LogP contribution in [0.25, 0.3) is 11.2 Å². The number of halogens is 2. The molecule has 0 aromatic carbocycles. The van der Waals surface area contributed by atoms with Crippen molar-refractivity contribution in [2.45, 2.75) is 49.8 Å². The molecule has 0 saturated carbocycles. The van der Waals surface area contributed by atoms with Crippen LogP contribution in [0.2, 0.25) is 5.28 Å². The second-order valence-electron chi connectivity index (χ2n) is 7.36. The van der Waals surface area contributed by atoms with E-state index in [1.807, 2.05) is 0 Å². The lowest BCUT2D eigenvalue weighted by Crippen LogP contribution is -2.34. The molecule has 2 fully saturated rings. The Hall–Kier alpha value is -1.63. The monoisotopic (exact) mass is 445 g/mol. The molecule has 3 N–H and O–H groups in total. The third kappa shape index (κ3) is 4.51. The maximum atomic E-state index is 12.2. The summed E-state index contributed by atoms with van der Waals surface area (Å²) < 4.78 is 30.2. The van der Waals surface area contributed by atoms with Crippen LogP contribution in [0.5, 0.6) is 0 Å². The number of nitrogens with one attached hydrogen (secondary N) is 1. The van der Waals surface area contributed by atoms with E-state index in [0.29, 0.717) is 30.2 Å². The third-order valence-electron chi connectivity index (χ3n) is 5.27. The van der Waals surface area contributed by atoms with Gasteiger partial charge in [-0.1, -0.05) is 0 Å². The van der Waals surface area contributed by atoms with Gasteiger partial charge in [0.05, 0.1) is 19.6 Å². The minimum absolute atomic E-state index is 0.0259. The molecule has 30 heavy (non-hydrogen) atoms. The Morgan fingerprint density at radius 3 is 2.83 bits per heavy atom. The number of anilines is 1. The van der Waals surface area contributed by atoms with E-state index >= 15 is 0 Å². The number of hydrogen-bond donors (Lipinski definition) is 3. The first-order valence-electron chi connectivity index (χ1n) is 9.98. The predicted molar refractivity (Wildman–Crippen MR) is 105 cm³/mol. The Morgan fingerprint density at radius 1 is 1.27 bits per heavy atom. The SMILES string of the molecule is OC1C(O)[C@@H](COCCCF)O[C@H]1n1cnc2c(NC3CCOCC3)nc(Cl)nc21. The molecule has 0 amide bonds. The minimum Gasteiger partial charge on any atom is -0.387 e. The lowest BCUT2D eigenvalue weighted by atomic mass is 10.1. The lowest BCUT2D eigenvalue weighted by molar-refractivity contribution is -0.0658. The summed E-state index contributed by atoms with van der Waals surface area (Å²) in [4.78, 5) is 12.9. The van der Waals surface area contributed by atoms with Crippen molar-refractivity contribution in [1.82, 2.24) is 19.5 Å². The van der Waals surface area contributed by atoms with E-state index in [0.717, 1.165) is 12.8 Å². The molecule has 4 atom stereocenters. The Bertz CT molecular complexity index is 852. The molecule has 2 aromatic rings. The molecule has 0 bridgehead atoms. The van der Waals surface area contributed by atoms with Crippen LogP contribution in [0.3, 0.4) is 0 Å². The van der Waals surface area contributed by atoms with Gasteiger partial charge in [-0.05, 0) is 30.9 Å². The standard InChI is InChI=1S/C18H25ClFN5O5/c19-18-23-15(22-10-2-6-28-7-3-10)12-16(24-18)25(9-21-12)17-14(27)13(26)11(30-17)8-29-5-1-4-20/h9-11,13-14,17,26-27H,1-8H2,(H,22,23,24)/t11-,13?,14?,17-/m1/s1. The average Bonchev–Trinajstić information content (AvgIpc) is 3.28. The van der Waals surface area contributed by atoms with Gasteiger partial charge in [0.15, 0.2) is 23.2 Å². The highest BCUT2D eigenvalue weighted by molar-refractivity contribution is 6.28. The van der Waals surface area contributed by atoms with Crippen LogP contribution in [-0.4, -0.2) is 87.2 Å². The van der Waals surface area contributed by atoms with Crippen molar-refractivity contribution in [2.75, 3.05) is 38.4 Å². The minimum atomic E-state index is -1.22. The normalized spacial score (nSPS) is 27.7. The zero-order chi connectivity index (χ0) is 21.1. The van der Waals surface area contributed by atoms with Crippen LogP contribution < -0.4 is 5.32 Å². The maximum absolute atomic E-state index is 12.2. The summed E-state index contributed by atoms with van der Waals surface area (Å²) in [6.07, 6.45) is -0.680. The highest BCUT2D eigenvalue weighted by Crippen LogP contribution is 2.33. The van der Waals surface area contributed by atoms with Crippen LogP contribution in [0.1, 0.15) is 25.5 Å². The Labute approximate surface area is 177 Å². The predicted octanol–water partition coefficient (Wildman–Crippen LogP) is 1.07. The average molecular weight is 446 g/mol. The molecule has 4 rings (SSSR count). The van der Waals surface area contributed by atoms with Crippen molar-refractivity contribution in [3.05, 3.63) is 11.6 Å². The fourth-order valence-corrected chi connectivity index (χ4v) is 3.83. The first kappa shape index (κ1) is 21.6. The summed E-state index contributed by atoms with van der Waals surface area (Å²) in [6, 6.07) is 0.180. The molecule has 0 radical (unpaired) electrons. The summed E-state index contributed by atoms with van der Waals surface area (Å²) in [5.41, 5.74) is 0.860. The number of fused-ring (bicyclic) bond motifs is 1. The molecule has 2 unspecified atom stereocenters. The van der Waals surface area contributed by atoms with Gasteiger partial charge in [0, 0.05) is 25.9 Å². The zero-order valence-electron chi connectivity index (χ0n) is 16.3. The summed E-state index contributed by atoms with van der Waals surface area (Å²) in [5.74, 6) is 0.495. The number of nitrogens with zero attached hydrogens (tertiary/aromatic N) is 4. The number of alkyl halides is 1. The molecule has 2 aliphatic heterocycles. The van der Waals surface area contributed by atoms with Crippen molar-refractivity contribution in [2.24, 2.45) is 0 Å². The van der Waals surface area contributed by atoms with Crippen LogP contribution in [0.4, 0.5) is 10.2 Å². The Balaban J connectivity index is 1.54. The van der Waals surface area contributed by atoms with Gasteiger partial charge in [0.25, 0.3) is 0 Å². The number of aliphatic hydroxyl groups excluding tert-OH is 2. The number of aliphatic hydroxyl groups is 2. The topological polar surface area (TPSA) is 124 Å². The van der Waals surface area contributed by atoms with E-state index in [1.165, 1.54) is 10.9 Å². The molecular formula is C18H25ClFN5O5. The van der Waals surface area contributed by atoms with Gasteiger partial charge < -0.3 is 29.7 Å². The molecule has 12 heteroatoms. The molecule has 2 aliphatic rings. The van der Waals surface area contributed by atoms with E-state index in [-0.39, 0.29) is 31.0 Å². The molecule has 0 aliphatic carbocycles. The van der Waals surface area contributed by atoms with E-state index in [4.69, 9.17) is 25.8 Å².